The van der Waals surface area contributed by atoms with Crippen LogP contribution in [-0.2, 0) is 15.0 Å². The second-order valence-corrected chi connectivity index (χ2v) is 6.15. The van der Waals surface area contributed by atoms with Gasteiger partial charge in [-0.1, -0.05) is 43.2 Å². The molecule has 4 nitrogen and oxygen atoms in total. The minimum atomic E-state index is -0.873. The Labute approximate surface area is 124 Å². The Balaban J connectivity index is 1.95. The first-order valence-corrected chi connectivity index (χ1v) is 7.74. The van der Waals surface area contributed by atoms with Gasteiger partial charge in [0.25, 0.3) is 0 Å². The summed E-state index contributed by atoms with van der Waals surface area (Å²) in [7, 11) is 0. The van der Waals surface area contributed by atoms with Crippen molar-refractivity contribution in [3.05, 3.63) is 35.9 Å². The number of carbonyl (C=O) groups excluding carboxylic acids is 1. The van der Waals surface area contributed by atoms with Gasteiger partial charge in [0.1, 0.15) is 6.04 Å². The van der Waals surface area contributed by atoms with Crippen molar-refractivity contribution in [2.24, 2.45) is 0 Å². The first-order valence-electron chi connectivity index (χ1n) is 7.74. The first-order chi connectivity index (χ1) is 10.1. The second-order valence-electron chi connectivity index (χ2n) is 6.15. The van der Waals surface area contributed by atoms with Gasteiger partial charge in [-0.25, -0.2) is 4.79 Å². The monoisotopic (exact) mass is 287 g/mol. The molecule has 0 aromatic heterocycles. The summed E-state index contributed by atoms with van der Waals surface area (Å²) in [6.07, 6.45) is 5.09. The average Bonchev–Trinajstić information content (AvgIpc) is 3.17. The van der Waals surface area contributed by atoms with Gasteiger partial charge in [0.05, 0.1) is 5.41 Å². The van der Waals surface area contributed by atoms with E-state index in [0.29, 0.717) is 13.0 Å². The van der Waals surface area contributed by atoms with Crippen molar-refractivity contribution in [1.82, 2.24) is 4.90 Å². The highest BCUT2D eigenvalue weighted by Gasteiger charge is 2.48. The maximum Gasteiger partial charge on any atom is 0.326 e. The maximum atomic E-state index is 13.1. The number of hydrogen-bond acceptors (Lipinski definition) is 2. The van der Waals surface area contributed by atoms with Crippen LogP contribution in [-0.4, -0.2) is 34.5 Å². The molecule has 112 valence electrons. The van der Waals surface area contributed by atoms with Gasteiger partial charge in [0.15, 0.2) is 0 Å². The van der Waals surface area contributed by atoms with E-state index in [1.54, 1.807) is 4.90 Å². The molecule has 1 amide bonds. The highest BCUT2D eigenvalue weighted by atomic mass is 16.4. The van der Waals surface area contributed by atoms with Crippen LogP contribution < -0.4 is 0 Å². The minimum absolute atomic E-state index is 0.0242. The van der Waals surface area contributed by atoms with Crippen LogP contribution >= 0.6 is 0 Å². The molecule has 4 heteroatoms. The molecule has 21 heavy (non-hydrogen) atoms. The van der Waals surface area contributed by atoms with Gasteiger partial charge in [-0.2, -0.15) is 0 Å². The lowest BCUT2D eigenvalue weighted by molar-refractivity contribution is -0.150. The van der Waals surface area contributed by atoms with Crippen molar-refractivity contribution in [1.29, 1.82) is 0 Å². The second kappa shape index (κ2) is 5.51. The van der Waals surface area contributed by atoms with Crippen molar-refractivity contribution in [3.8, 4) is 0 Å². The number of carboxylic acid groups (broad SMARTS) is 1. The van der Waals surface area contributed by atoms with Crippen molar-refractivity contribution >= 4 is 11.9 Å². The van der Waals surface area contributed by atoms with Gasteiger partial charge in [-0.3, -0.25) is 4.79 Å². The summed E-state index contributed by atoms with van der Waals surface area (Å²) < 4.78 is 0. The summed E-state index contributed by atoms with van der Waals surface area (Å²) in [5.41, 5.74) is 0.544. The molecule has 1 saturated carbocycles. The Bertz CT molecular complexity index is 534. The number of hydrogen-bond donors (Lipinski definition) is 1. The molecule has 2 aliphatic rings. The van der Waals surface area contributed by atoms with E-state index in [1.165, 1.54) is 0 Å². The third-order valence-corrected chi connectivity index (χ3v) is 4.99. The zero-order valence-corrected chi connectivity index (χ0v) is 12.1. The number of carbonyl (C=O) groups is 2. The lowest BCUT2D eigenvalue weighted by Crippen LogP contribution is -2.49. The maximum absolute atomic E-state index is 13.1. The fourth-order valence-corrected chi connectivity index (χ4v) is 3.90. The van der Waals surface area contributed by atoms with Crippen molar-refractivity contribution in [2.45, 2.75) is 50.0 Å². The first kappa shape index (κ1) is 14.1. The van der Waals surface area contributed by atoms with E-state index in [1.807, 2.05) is 30.3 Å². The van der Waals surface area contributed by atoms with E-state index in [-0.39, 0.29) is 5.91 Å². The Hall–Kier alpha value is -1.84. The molecule has 0 radical (unpaired) electrons. The van der Waals surface area contributed by atoms with Crippen LogP contribution in [0.25, 0.3) is 0 Å². The Morgan fingerprint density at radius 2 is 1.76 bits per heavy atom. The quantitative estimate of drug-likeness (QED) is 0.929. The highest BCUT2D eigenvalue weighted by Crippen LogP contribution is 2.43. The zero-order valence-electron chi connectivity index (χ0n) is 12.1. The van der Waals surface area contributed by atoms with Crippen LogP contribution in [0.3, 0.4) is 0 Å². The van der Waals surface area contributed by atoms with E-state index in [0.717, 1.165) is 37.7 Å². The number of amides is 1. The molecule has 1 aromatic rings. The molecule has 1 saturated heterocycles. The van der Waals surface area contributed by atoms with Gasteiger partial charge in [0, 0.05) is 6.54 Å². The number of nitrogens with zero attached hydrogens (tertiary/aromatic N) is 1. The minimum Gasteiger partial charge on any atom is -0.480 e. The number of likely N-dealkylation sites (tertiary alicyclic amines) is 1. The number of aliphatic carboxylic acids is 1. The fourth-order valence-electron chi connectivity index (χ4n) is 3.90. The molecule has 0 unspecified atom stereocenters. The molecular weight excluding hydrogens is 266 g/mol. The van der Waals surface area contributed by atoms with Gasteiger partial charge >= 0.3 is 5.97 Å². The smallest absolute Gasteiger partial charge is 0.326 e. The predicted octanol–water partition coefficient (Wildman–Crippen LogP) is 2.57. The fraction of sp³-hybridized carbons (Fsp3) is 0.529. The van der Waals surface area contributed by atoms with E-state index in [4.69, 9.17) is 0 Å². The van der Waals surface area contributed by atoms with Gasteiger partial charge in [-0.15, -0.1) is 0 Å². The largest absolute Gasteiger partial charge is 0.480 e. The van der Waals surface area contributed by atoms with Crippen LogP contribution in [0.4, 0.5) is 0 Å². The van der Waals surface area contributed by atoms with Crippen LogP contribution in [0, 0.1) is 0 Å². The van der Waals surface area contributed by atoms with Crippen molar-refractivity contribution in [3.63, 3.8) is 0 Å². The molecule has 0 bridgehead atoms. The number of benzene rings is 1. The molecule has 1 atom stereocenters. The van der Waals surface area contributed by atoms with Crippen molar-refractivity contribution in [2.75, 3.05) is 6.54 Å². The molecule has 1 heterocycles. The highest BCUT2D eigenvalue weighted by molar-refractivity contribution is 5.92. The summed E-state index contributed by atoms with van der Waals surface area (Å²) >= 11 is 0. The van der Waals surface area contributed by atoms with Crippen molar-refractivity contribution < 1.29 is 14.7 Å². The van der Waals surface area contributed by atoms with Crippen LogP contribution in [0.5, 0.6) is 0 Å². The molecule has 1 N–H and O–H groups in total. The predicted molar refractivity (Wildman–Crippen MR) is 79.0 cm³/mol. The van der Waals surface area contributed by atoms with E-state index >= 15 is 0 Å². The molecule has 1 aliphatic carbocycles. The van der Waals surface area contributed by atoms with E-state index in [2.05, 4.69) is 0 Å². The SMILES string of the molecule is O=C(O)[C@H]1CCCN1C(=O)C1(c2ccccc2)CCCC1. The zero-order chi connectivity index (χ0) is 14.9. The summed E-state index contributed by atoms with van der Waals surface area (Å²) in [5.74, 6) is -0.849. The number of carboxylic acids is 1. The standard InChI is InChI=1S/C17H21NO3/c19-15(20)14-9-6-12-18(14)16(21)17(10-4-5-11-17)13-7-2-1-3-8-13/h1-3,7-8,14H,4-6,9-12H2,(H,19,20)/t14-/m1/s1. The van der Waals surface area contributed by atoms with E-state index < -0.39 is 17.4 Å². The lowest BCUT2D eigenvalue weighted by Gasteiger charge is -2.34. The lowest BCUT2D eigenvalue weighted by atomic mass is 9.77. The molecule has 0 spiro atoms. The molecule has 1 aliphatic heterocycles. The Kier molecular flexibility index (Phi) is 3.70. The molecule has 2 fully saturated rings. The Morgan fingerprint density at radius 1 is 1.10 bits per heavy atom. The van der Waals surface area contributed by atoms with E-state index in [9.17, 15) is 14.7 Å². The Morgan fingerprint density at radius 3 is 2.38 bits per heavy atom. The van der Waals surface area contributed by atoms with Crippen LogP contribution in [0.15, 0.2) is 30.3 Å². The third kappa shape index (κ3) is 2.33. The summed E-state index contributed by atoms with van der Waals surface area (Å²) in [4.78, 5) is 26.1. The average molecular weight is 287 g/mol. The van der Waals surface area contributed by atoms with Gasteiger partial charge < -0.3 is 10.0 Å². The van der Waals surface area contributed by atoms with Gasteiger partial charge in [-0.05, 0) is 31.2 Å². The molecule has 1 aromatic carbocycles. The normalized spacial score (nSPS) is 24.2. The van der Waals surface area contributed by atoms with Crippen LogP contribution in [0.2, 0.25) is 0 Å². The number of rotatable bonds is 3. The molecule has 3 rings (SSSR count). The topological polar surface area (TPSA) is 57.6 Å². The summed E-state index contributed by atoms with van der Waals surface area (Å²) in [6, 6.07) is 9.25. The third-order valence-electron chi connectivity index (χ3n) is 4.99. The molecular formula is C17H21NO3. The summed E-state index contributed by atoms with van der Waals surface area (Å²) in [5, 5.41) is 9.34. The van der Waals surface area contributed by atoms with Crippen LogP contribution in [0.1, 0.15) is 44.1 Å². The summed E-state index contributed by atoms with van der Waals surface area (Å²) in [6.45, 7) is 0.574. The van der Waals surface area contributed by atoms with Gasteiger partial charge in [0.2, 0.25) is 5.91 Å².